The van der Waals surface area contributed by atoms with Crippen molar-refractivity contribution in [1.29, 1.82) is 0 Å². The molecule has 1 fully saturated rings. The van der Waals surface area contributed by atoms with Crippen LogP contribution in [0.3, 0.4) is 0 Å². The average Bonchev–Trinajstić information content (AvgIpc) is 2.44. The summed E-state index contributed by atoms with van der Waals surface area (Å²) in [7, 11) is 0. The molecular formula is C17H36ClN3O2. The van der Waals surface area contributed by atoms with Crippen molar-refractivity contribution in [3.05, 3.63) is 0 Å². The summed E-state index contributed by atoms with van der Waals surface area (Å²) in [5, 5.41) is 0. The Balaban J connectivity index is 0.00000484. The third-order valence-corrected chi connectivity index (χ3v) is 3.88. The molecule has 138 valence electrons. The van der Waals surface area contributed by atoms with Gasteiger partial charge >= 0.3 is 6.09 Å². The SMILES string of the molecule is CCOC(=O)N1CCN(CCN(CC(C)C)CC(C)C)CC1.Cl. The van der Waals surface area contributed by atoms with Crippen molar-refractivity contribution in [1.82, 2.24) is 14.7 Å². The molecule has 1 heterocycles. The zero-order valence-electron chi connectivity index (χ0n) is 15.6. The molecule has 0 atom stereocenters. The minimum Gasteiger partial charge on any atom is -0.450 e. The predicted molar refractivity (Wildman–Crippen MR) is 98.4 cm³/mol. The van der Waals surface area contributed by atoms with E-state index in [9.17, 15) is 4.79 Å². The number of carbonyl (C=O) groups excluding carboxylic acids is 1. The molecule has 1 rings (SSSR count). The molecule has 0 radical (unpaired) electrons. The normalized spacial score (nSPS) is 16.1. The Kier molecular flexibility index (Phi) is 11.7. The maximum Gasteiger partial charge on any atom is 0.409 e. The van der Waals surface area contributed by atoms with Gasteiger partial charge in [0.1, 0.15) is 0 Å². The highest BCUT2D eigenvalue weighted by atomic mass is 35.5. The van der Waals surface area contributed by atoms with Crippen molar-refractivity contribution in [2.45, 2.75) is 34.6 Å². The van der Waals surface area contributed by atoms with E-state index in [1.165, 1.54) is 13.1 Å². The van der Waals surface area contributed by atoms with Gasteiger partial charge in [-0.15, -0.1) is 12.4 Å². The Bertz CT molecular complexity index is 309. The van der Waals surface area contributed by atoms with E-state index in [1.807, 2.05) is 11.8 Å². The number of halogens is 1. The van der Waals surface area contributed by atoms with Crippen LogP contribution in [-0.4, -0.2) is 79.8 Å². The number of rotatable bonds is 8. The van der Waals surface area contributed by atoms with Crippen molar-refractivity contribution in [3.8, 4) is 0 Å². The van der Waals surface area contributed by atoms with Gasteiger partial charge in [-0.2, -0.15) is 0 Å². The lowest BCUT2D eigenvalue weighted by Crippen LogP contribution is -2.50. The molecule has 23 heavy (non-hydrogen) atoms. The summed E-state index contributed by atoms with van der Waals surface area (Å²) in [6, 6.07) is 0. The van der Waals surface area contributed by atoms with Crippen molar-refractivity contribution < 1.29 is 9.53 Å². The quantitative estimate of drug-likeness (QED) is 0.675. The predicted octanol–water partition coefficient (Wildman–Crippen LogP) is 2.80. The van der Waals surface area contributed by atoms with Crippen LogP contribution in [0.5, 0.6) is 0 Å². The monoisotopic (exact) mass is 349 g/mol. The molecule has 1 aliphatic heterocycles. The summed E-state index contributed by atoms with van der Waals surface area (Å²) in [5.74, 6) is 1.42. The number of hydrogen-bond donors (Lipinski definition) is 0. The summed E-state index contributed by atoms with van der Waals surface area (Å²) < 4.78 is 5.06. The van der Waals surface area contributed by atoms with Crippen molar-refractivity contribution in [2.24, 2.45) is 11.8 Å². The van der Waals surface area contributed by atoms with E-state index in [1.54, 1.807) is 0 Å². The van der Waals surface area contributed by atoms with Crippen LogP contribution in [0.25, 0.3) is 0 Å². The molecular weight excluding hydrogens is 314 g/mol. The number of amides is 1. The average molecular weight is 350 g/mol. The van der Waals surface area contributed by atoms with Gasteiger partial charge in [-0.25, -0.2) is 4.79 Å². The lowest BCUT2D eigenvalue weighted by atomic mass is 10.1. The lowest BCUT2D eigenvalue weighted by Gasteiger charge is -2.35. The molecule has 0 unspecified atom stereocenters. The molecule has 1 amide bonds. The van der Waals surface area contributed by atoms with Crippen LogP contribution in [0.4, 0.5) is 4.79 Å². The Hall–Kier alpha value is -0.520. The minimum absolute atomic E-state index is 0. The van der Waals surface area contributed by atoms with Crippen LogP contribution in [0.2, 0.25) is 0 Å². The van der Waals surface area contributed by atoms with Gasteiger partial charge in [0, 0.05) is 52.4 Å². The molecule has 0 spiro atoms. The number of carbonyl (C=O) groups is 1. The van der Waals surface area contributed by atoms with Crippen molar-refractivity contribution in [2.75, 3.05) is 59.0 Å². The van der Waals surface area contributed by atoms with Crippen molar-refractivity contribution >= 4 is 18.5 Å². The minimum atomic E-state index is -0.164. The summed E-state index contributed by atoms with van der Waals surface area (Å²) >= 11 is 0. The summed E-state index contributed by atoms with van der Waals surface area (Å²) in [5.41, 5.74) is 0. The molecule has 0 bridgehead atoms. The van der Waals surface area contributed by atoms with E-state index < -0.39 is 0 Å². The fourth-order valence-corrected chi connectivity index (χ4v) is 2.94. The second-order valence-electron chi connectivity index (χ2n) is 7.07. The first-order chi connectivity index (χ1) is 10.4. The van der Waals surface area contributed by atoms with Crippen LogP contribution in [-0.2, 0) is 4.74 Å². The zero-order chi connectivity index (χ0) is 16.5. The van der Waals surface area contributed by atoms with E-state index in [4.69, 9.17) is 4.74 Å². The third kappa shape index (κ3) is 9.38. The van der Waals surface area contributed by atoms with Crippen LogP contribution < -0.4 is 0 Å². The van der Waals surface area contributed by atoms with Gasteiger partial charge in [0.15, 0.2) is 0 Å². The van der Waals surface area contributed by atoms with Gasteiger partial charge in [0.2, 0.25) is 0 Å². The van der Waals surface area contributed by atoms with Gasteiger partial charge in [-0.1, -0.05) is 27.7 Å². The number of nitrogens with zero attached hydrogens (tertiary/aromatic N) is 3. The second-order valence-corrected chi connectivity index (χ2v) is 7.07. The van der Waals surface area contributed by atoms with Gasteiger partial charge in [-0.3, -0.25) is 4.90 Å². The lowest BCUT2D eigenvalue weighted by molar-refractivity contribution is 0.0750. The highest BCUT2D eigenvalue weighted by molar-refractivity contribution is 5.85. The molecule has 1 aliphatic rings. The first-order valence-corrected chi connectivity index (χ1v) is 8.78. The fourth-order valence-electron chi connectivity index (χ4n) is 2.94. The van der Waals surface area contributed by atoms with E-state index in [0.717, 1.165) is 39.3 Å². The molecule has 6 heteroatoms. The molecule has 5 nitrogen and oxygen atoms in total. The smallest absolute Gasteiger partial charge is 0.409 e. The molecule has 0 aliphatic carbocycles. The highest BCUT2D eigenvalue weighted by Crippen LogP contribution is 2.07. The van der Waals surface area contributed by atoms with E-state index in [-0.39, 0.29) is 18.5 Å². The van der Waals surface area contributed by atoms with E-state index in [0.29, 0.717) is 18.4 Å². The molecule has 0 aromatic carbocycles. The molecule has 1 saturated heterocycles. The largest absolute Gasteiger partial charge is 0.450 e. The first kappa shape index (κ1) is 22.5. The summed E-state index contributed by atoms with van der Waals surface area (Å²) in [6.07, 6.45) is -0.164. The maximum atomic E-state index is 11.7. The summed E-state index contributed by atoms with van der Waals surface area (Å²) in [6.45, 7) is 19.5. The maximum absolute atomic E-state index is 11.7. The summed E-state index contributed by atoms with van der Waals surface area (Å²) in [4.78, 5) is 18.5. The van der Waals surface area contributed by atoms with Crippen LogP contribution in [0, 0.1) is 11.8 Å². The zero-order valence-corrected chi connectivity index (χ0v) is 16.4. The molecule has 0 aromatic rings. The van der Waals surface area contributed by atoms with Crippen LogP contribution in [0.1, 0.15) is 34.6 Å². The Morgan fingerprint density at radius 3 is 2.00 bits per heavy atom. The fraction of sp³-hybridized carbons (Fsp3) is 0.941. The first-order valence-electron chi connectivity index (χ1n) is 8.78. The number of hydrogen-bond acceptors (Lipinski definition) is 4. The molecule has 0 aromatic heterocycles. The molecule has 0 N–H and O–H groups in total. The van der Waals surface area contributed by atoms with Gasteiger partial charge in [0.05, 0.1) is 6.61 Å². The Labute approximate surface area is 148 Å². The number of piperazine rings is 1. The van der Waals surface area contributed by atoms with Gasteiger partial charge in [0.25, 0.3) is 0 Å². The highest BCUT2D eigenvalue weighted by Gasteiger charge is 2.22. The molecule has 0 saturated carbocycles. The Morgan fingerprint density at radius 2 is 1.57 bits per heavy atom. The number of ether oxygens (including phenoxy) is 1. The van der Waals surface area contributed by atoms with Gasteiger partial charge in [-0.05, 0) is 18.8 Å². The topological polar surface area (TPSA) is 36.0 Å². The second kappa shape index (κ2) is 11.9. The standard InChI is InChI=1S/C17H35N3O2.ClH/c1-6-22-17(21)20-11-9-18(10-12-20)7-8-19(13-15(2)3)14-16(4)5;/h15-16H,6-14H2,1-5H3;1H. The third-order valence-electron chi connectivity index (χ3n) is 3.88. The van der Waals surface area contributed by atoms with Crippen molar-refractivity contribution in [3.63, 3.8) is 0 Å². The van der Waals surface area contributed by atoms with Gasteiger partial charge < -0.3 is 14.5 Å². The van der Waals surface area contributed by atoms with Crippen LogP contribution >= 0.6 is 12.4 Å². The Morgan fingerprint density at radius 1 is 1.04 bits per heavy atom. The van der Waals surface area contributed by atoms with E-state index >= 15 is 0 Å². The van der Waals surface area contributed by atoms with E-state index in [2.05, 4.69) is 37.5 Å². The van der Waals surface area contributed by atoms with Crippen LogP contribution in [0.15, 0.2) is 0 Å².